The lowest BCUT2D eigenvalue weighted by atomic mass is 10.1. The van der Waals surface area contributed by atoms with Gasteiger partial charge >= 0.3 is 12.4 Å². The Kier molecular flexibility index (Phi) is 4.53. The fourth-order valence-corrected chi connectivity index (χ4v) is 1.60. The fourth-order valence-electron chi connectivity index (χ4n) is 1.60. The van der Waals surface area contributed by atoms with Gasteiger partial charge in [-0.3, -0.25) is 0 Å². The molecule has 0 aliphatic rings. The predicted molar refractivity (Wildman–Crippen MR) is 59.9 cm³/mol. The summed E-state index contributed by atoms with van der Waals surface area (Å²) in [5, 5.41) is 11.2. The van der Waals surface area contributed by atoms with Crippen molar-refractivity contribution in [2.45, 2.75) is 31.7 Å². The summed E-state index contributed by atoms with van der Waals surface area (Å²) in [5.41, 5.74) is -1.44. The minimum atomic E-state index is -4.61. The molecule has 0 heterocycles. The molecule has 20 heavy (non-hydrogen) atoms. The number of benzene rings is 1. The lowest BCUT2D eigenvalue weighted by Gasteiger charge is -2.18. The van der Waals surface area contributed by atoms with E-state index in [1.54, 1.807) is 0 Å². The average Bonchev–Trinajstić information content (AvgIpc) is 2.25. The molecule has 0 aliphatic carbocycles. The molecule has 0 spiro atoms. The monoisotopic (exact) mass is 296 g/mol. The van der Waals surface area contributed by atoms with Crippen LogP contribution in [0.2, 0.25) is 0 Å². The maximum absolute atomic E-state index is 12.4. The zero-order valence-electron chi connectivity index (χ0n) is 10.2. The second-order valence-corrected chi connectivity index (χ2v) is 4.23. The lowest BCUT2D eigenvalue weighted by molar-refractivity contribution is -0.137. The molecule has 110 valence electrons. The van der Waals surface area contributed by atoms with Crippen molar-refractivity contribution < 1.29 is 26.3 Å². The maximum Gasteiger partial charge on any atom is 0.416 e. The van der Waals surface area contributed by atoms with Crippen LogP contribution in [0.1, 0.15) is 24.5 Å². The van der Waals surface area contributed by atoms with E-state index < -0.39 is 30.4 Å². The van der Waals surface area contributed by atoms with Crippen molar-refractivity contribution in [3.63, 3.8) is 0 Å². The Bertz CT molecular complexity index is 512. The van der Waals surface area contributed by atoms with Crippen LogP contribution in [0.5, 0.6) is 0 Å². The number of halogens is 6. The Morgan fingerprint density at radius 1 is 1.20 bits per heavy atom. The van der Waals surface area contributed by atoms with Crippen molar-refractivity contribution in [2.24, 2.45) is 0 Å². The molecule has 0 aromatic heterocycles. The average molecular weight is 296 g/mol. The highest BCUT2D eigenvalue weighted by molar-refractivity contribution is 5.59. The van der Waals surface area contributed by atoms with Crippen molar-refractivity contribution in [2.75, 3.05) is 5.32 Å². The molecule has 1 rings (SSSR count). The van der Waals surface area contributed by atoms with Gasteiger partial charge in [-0.2, -0.15) is 31.6 Å². The summed E-state index contributed by atoms with van der Waals surface area (Å²) < 4.78 is 73.8. The summed E-state index contributed by atoms with van der Waals surface area (Å²) >= 11 is 0. The molecule has 8 heteroatoms. The molecule has 1 aromatic carbocycles. The smallest absolute Gasteiger partial charge is 0.381 e. The van der Waals surface area contributed by atoms with Crippen LogP contribution in [-0.4, -0.2) is 12.2 Å². The minimum absolute atomic E-state index is 0.0581. The Hall–Kier alpha value is -1.91. The zero-order chi connectivity index (χ0) is 15.6. The van der Waals surface area contributed by atoms with E-state index in [1.807, 2.05) is 0 Å². The van der Waals surface area contributed by atoms with E-state index in [0.717, 1.165) is 6.07 Å². The van der Waals surface area contributed by atoms with Gasteiger partial charge in [0.2, 0.25) is 0 Å². The van der Waals surface area contributed by atoms with E-state index in [2.05, 4.69) is 5.32 Å². The van der Waals surface area contributed by atoms with Crippen molar-refractivity contribution in [3.8, 4) is 6.07 Å². The molecule has 1 aromatic rings. The number of alkyl halides is 6. The lowest BCUT2D eigenvalue weighted by Crippen LogP contribution is -2.24. The molecule has 0 saturated heterocycles. The van der Waals surface area contributed by atoms with Gasteiger partial charge in [0.15, 0.2) is 0 Å². The van der Waals surface area contributed by atoms with Gasteiger partial charge in [-0.25, -0.2) is 0 Å². The number of hydrogen-bond acceptors (Lipinski definition) is 2. The molecule has 0 radical (unpaired) electrons. The standard InChI is InChI=1S/C12H10F6N2/c1-7(5-11(13,14)15)20-10-3-2-9(12(16,17)18)4-8(10)6-19/h2-4,7,20H,5H2,1H3. The highest BCUT2D eigenvalue weighted by Gasteiger charge is 2.32. The third-order valence-electron chi connectivity index (χ3n) is 2.41. The number of hydrogen-bond donors (Lipinski definition) is 1. The molecule has 1 atom stereocenters. The molecule has 0 aliphatic heterocycles. The minimum Gasteiger partial charge on any atom is -0.381 e. The fraction of sp³-hybridized carbons (Fsp3) is 0.417. The molecule has 1 unspecified atom stereocenters. The van der Waals surface area contributed by atoms with Crippen molar-refractivity contribution in [1.82, 2.24) is 0 Å². The second-order valence-electron chi connectivity index (χ2n) is 4.23. The van der Waals surface area contributed by atoms with Gasteiger partial charge in [0.25, 0.3) is 0 Å². The van der Waals surface area contributed by atoms with Crippen LogP contribution in [0.4, 0.5) is 32.0 Å². The van der Waals surface area contributed by atoms with E-state index in [4.69, 9.17) is 5.26 Å². The van der Waals surface area contributed by atoms with Crippen LogP contribution in [0.25, 0.3) is 0 Å². The predicted octanol–water partition coefficient (Wildman–Crippen LogP) is 4.33. The van der Waals surface area contributed by atoms with Crippen molar-refractivity contribution in [3.05, 3.63) is 29.3 Å². The van der Waals surface area contributed by atoms with Gasteiger partial charge in [0.05, 0.1) is 23.2 Å². The molecule has 0 saturated carbocycles. The number of rotatable bonds is 3. The van der Waals surface area contributed by atoms with Crippen LogP contribution in [0, 0.1) is 11.3 Å². The first-order valence-electron chi connectivity index (χ1n) is 5.47. The third kappa shape index (κ3) is 4.64. The molecular formula is C12H10F6N2. The first-order chi connectivity index (χ1) is 9.03. The number of nitrogens with zero attached hydrogens (tertiary/aromatic N) is 1. The van der Waals surface area contributed by atoms with Crippen LogP contribution in [-0.2, 0) is 6.18 Å². The zero-order valence-corrected chi connectivity index (χ0v) is 10.2. The number of nitriles is 1. The third-order valence-corrected chi connectivity index (χ3v) is 2.41. The van der Waals surface area contributed by atoms with Crippen LogP contribution < -0.4 is 5.32 Å². The largest absolute Gasteiger partial charge is 0.416 e. The molecule has 0 amide bonds. The van der Waals surface area contributed by atoms with E-state index in [0.29, 0.717) is 12.1 Å². The van der Waals surface area contributed by atoms with Crippen molar-refractivity contribution in [1.29, 1.82) is 5.26 Å². The summed E-state index contributed by atoms with van der Waals surface area (Å²) in [6.07, 6.45) is -10.2. The van der Waals surface area contributed by atoms with Gasteiger partial charge in [-0.05, 0) is 25.1 Å². The summed E-state index contributed by atoms with van der Waals surface area (Å²) in [7, 11) is 0. The molecular weight excluding hydrogens is 286 g/mol. The summed E-state index contributed by atoms with van der Waals surface area (Å²) in [4.78, 5) is 0. The quantitative estimate of drug-likeness (QED) is 0.843. The normalized spacial score (nSPS) is 13.7. The van der Waals surface area contributed by atoms with Gasteiger partial charge in [0, 0.05) is 6.04 Å². The van der Waals surface area contributed by atoms with E-state index in [1.165, 1.54) is 13.0 Å². The maximum atomic E-state index is 12.4. The highest BCUT2D eigenvalue weighted by Crippen LogP contribution is 2.32. The van der Waals surface area contributed by atoms with Gasteiger partial charge in [0.1, 0.15) is 6.07 Å². The molecule has 0 bridgehead atoms. The van der Waals surface area contributed by atoms with Crippen LogP contribution >= 0.6 is 0 Å². The Balaban J connectivity index is 2.95. The Morgan fingerprint density at radius 2 is 1.80 bits per heavy atom. The van der Waals surface area contributed by atoms with Gasteiger partial charge < -0.3 is 5.32 Å². The van der Waals surface area contributed by atoms with Crippen molar-refractivity contribution >= 4 is 5.69 Å². The molecule has 2 nitrogen and oxygen atoms in total. The topological polar surface area (TPSA) is 35.8 Å². The van der Waals surface area contributed by atoms with Gasteiger partial charge in [-0.1, -0.05) is 0 Å². The van der Waals surface area contributed by atoms with E-state index >= 15 is 0 Å². The summed E-state index contributed by atoms with van der Waals surface area (Å²) in [6, 6.07) is 2.74. The highest BCUT2D eigenvalue weighted by atomic mass is 19.4. The Labute approximate surface area is 111 Å². The first-order valence-corrected chi connectivity index (χ1v) is 5.47. The summed E-state index contributed by atoms with van der Waals surface area (Å²) in [6.45, 7) is 1.23. The summed E-state index contributed by atoms with van der Waals surface area (Å²) in [5.74, 6) is 0. The Morgan fingerprint density at radius 3 is 2.25 bits per heavy atom. The SMILES string of the molecule is CC(CC(F)(F)F)Nc1ccc(C(F)(F)F)cc1C#N. The molecule has 0 fully saturated rings. The van der Waals surface area contributed by atoms with Gasteiger partial charge in [-0.15, -0.1) is 0 Å². The first kappa shape index (κ1) is 16.1. The van der Waals surface area contributed by atoms with E-state index in [9.17, 15) is 26.3 Å². The van der Waals surface area contributed by atoms with Crippen LogP contribution in [0.15, 0.2) is 18.2 Å². The van der Waals surface area contributed by atoms with Crippen LogP contribution in [0.3, 0.4) is 0 Å². The number of anilines is 1. The number of nitrogens with one attached hydrogen (secondary N) is 1. The molecule has 1 N–H and O–H groups in total. The second kappa shape index (κ2) is 5.61. The van der Waals surface area contributed by atoms with E-state index in [-0.39, 0.29) is 11.3 Å².